The SMILES string of the molecule is C=Cc1cc(P)ccc1-c1cccc2cccc(C(C)/C=C\CP)c12. The topological polar surface area (TPSA) is 0 Å². The van der Waals surface area contributed by atoms with Gasteiger partial charge in [-0.2, -0.15) is 0 Å². The molecule has 25 heavy (non-hydrogen) atoms. The van der Waals surface area contributed by atoms with Crippen molar-refractivity contribution in [1.82, 2.24) is 0 Å². The van der Waals surface area contributed by atoms with Gasteiger partial charge in [0.2, 0.25) is 0 Å². The first-order chi connectivity index (χ1) is 12.2. The lowest BCUT2D eigenvalue weighted by molar-refractivity contribution is 0.978. The molecule has 0 fully saturated rings. The van der Waals surface area contributed by atoms with Crippen LogP contribution in [0.2, 0.25) is 0 Å². The third kappa shape index (κ3) is 3.77. The molecule has 3 unspecified atom stereocenters. The quantitative estimate of drug-likeness (QED) is 0.375. The van der Waals surface area contributed by atoms with E-state index in [2.05, 4.69) is 98.7 Å². The molecule has 0 aliphatic carbocycles. The van der Waals surface area contributed by atoms with Crippen LogP contribution in [0.3, 0.4) is 0 Å². The average Bonchev–Trinajstić information content (AvgIpc) is 2.65. The lowest BCUT2D eigenvalue weighted by atomic mass is 9.88. The molecule has 0 heterocycles. The number of benzene rings is 3. The molecule has 3 rings (SSSR count). The third-order valence-electron chi connectivity index (χ3n) is 4.57. The highest BCUT2D eigenvalue weighted by Gasteiger charge is 2.13. The summed E-state index contributed by atoms with van der Waals surface area (Å²) >= 11 is 0. The average molecular weight is 362 g/mol. The second-order valence-electron chi connectivity index (χ2n) is 6.25. The van der Waals surface area contributed by atoms with E-state index in [0.29, 0.717) is 5.92 Å². The fraction of sp³-hybridized carbons (Fsp3) is 0.130. The van der Waals surface area contributed by atoms with Gasteiger partial charge in [-0.1, -0.05) is 80.3 Å². The second-order valence-corrected chi connectivity index (χ2v) is 7.39. The summed E-state index contributed by atoms with van der Waals surface area (Å²) in [7, 11) is 5.52. The summed E-state index contributed by atoms with van der Waals surface area (Å²) < 4.78 is 0. The van der Waals surface area contributed by atoms with Gasteiger partial charge < -0.3 is 0 Å². The molecule has 0 saturated heterocycles. The summed E-state index contributed by atoms with van der Waals surface area (Å²) in [6.45, 7) is 6.28. The van der Waals surface area contributed by atoms with Gasteiger partial charge >= 0.3 is 0 Å². The molecular formula is C23H24P2. The Bertz CT molecular complexity index is 933. The van der Waals surface area contributed by atoms with Crippen LogP contribution in [0.1, 0.15) is 24.0 Å². The number of hydrogen-bond acceptors (Lipinski definition) is 0. The monoisotopic (exact) mass is 362 g/mol. The minimum absolute atomic E-state index is 0.374. The second kappa shape index (κ2) is 8.09. The molecule has 2 heteroatoms. The van der Waals surface area contributed by atoms with Crippen molar-refractivity contribution < 1.29 is 0 Å². The highest BCUT2D eigenvalue weighted by Crippen LogP contribution is 2.36. The zero-order chi connectivity index (χ0) is 17.8. The zero-order valence-corrected chi connectivity index (χ0v) is 16.9. The first kappa shape index (κ1) is 18.1. The normalized spacial score (nSPS) is 12.6. The van der Waals surface area contributed by atoms with Gasteiger partial charge in [-0.3, -0.25) is 0 Å². The molecule has 0 aromatic heterocycles. The van der Waals surface area contributed by atoms with Crippen molar-refractivity contribution in [2.75, 3.05) is 6.16 Å². The molecule has 126 valence electrons. The van der Waals surface area contributed by atoms with Crippen molar-refractivity contribution >= 4 is 40.6 Å². The van der Waals surface area contributed by atoms with Crippen LogP contribution in [0.4, 0.5) is 0 Å². The maximum absolute atomic E-state index is 4.01. The van der Waals surface area contributed by atoms with Crippen molar-refractivity contribution in [3.8, 4) is 11.1 Å². The van der Waals surface area contributed by atoms with Gasteiger partial charge in [0, 0.05) is 0 Å². The summed E-state index contributed by atoms with van der Waals surface area (Å²) in [5.74, 6) is 0.374. The van der Waals surface area contributed by atoms with E-state index in [9.17, 15) is 0 Å². The molecule has 0 bridgehead atoms. The fourth-order valence-corrected chi connectivity index (χ4v) is 3.79. The lowest BCUT2D eigenvalue weighted by Crippen LogP contribution is -1.97. The van der Waals surface area contributed by atoms with Crippen LogP contribution in [-0.4, -0.2) is 6.16 Å². The molecule has 3 atom stereocenters. The molecule has 0 saturated carbocycles. The van der Waals surface area contributed by atoms with Gasteiger partial charge in [-0.05, 0) is 56.5 Å². The van der Waals surface area contributed by atoms with E-state index in [0.717, 1.165) is 6.16 Å². The minimum Gasteiger partial charge on any atom is -0.134 e. The molecule has 0 aliphatic heterocycles. The van der Waals surface area contributed by atoms with Gasteiger partial charge in [0.15, 0.2) is 0 Å². The van der Waals surface area contributed by atoms with E-state index in [4.69, 9.17) is 0 Å². The molecule has 0 spiro atoms. The van der Waals surface area contributed by atoms with Crippen molar-refractivity contribution in [1.29, 1.82) is 0 Å². The molecule has 3 aromatic rings. The number of allylic oxidation sites excluding steroid dienone is 2. The molecule has 0 N–H and O–H groups in total. The molecule has 3 aromatic carbocycles. The van der Waals surface area contributed by atoms with Crippen LogP contribution >= 0.6 is 18.5 Å². The highest BCUT2D eigenvalue weighted by molar-refractivity contribution is 7.27. The predicted molar refractivity (Wildman–Crippen MR) is 121 cm³/mol. The molecule has 0 nitrogen and oxygen atoms in total. The zero-order valence-electron chi connectivity index (χ0n) is 14.6. The Balaban J connectivity index is 2.30. The van der Waals surface area contributed by atoms with Crippen LogP contribution in [0.25, 0.3) is 28.0 Å². The Morgan fingerprint density at radius 2 is 1.80 bits per heavy atom. The first-order valence-electron chi connectivity index (χ1n) is 8.56. The molecular weight excluding hydrogens is 338 g/mol. The van der Waals surface area contributed by atoms with E-state index >= 15 is 0 Å². The lowest BCUT2D eigenvalue weighted by Gasteiger charge is -2.17. The van der Waals surface area contributed by atoms with Crippen molar-refractivity contribution in [3.63, 3.8) is 0 Å². The third-order valence-corrected chi connectivity index (χ3v) is 5.21. The van der Waals surface area contributed by atoms with Crippen molar-refractivity contribution in [3.05, 3.63) is 84.5 Å². The summed E-state index contributed by atoms with van der Waals surface area (Å²) in [6.07, 6.45) is 7.44. The standard InChI is InChI=1S/C23H24P2/c1-3-17-15-19(25)12-13-21(17)22-11-5-9-18-8-4-10-20(23(18)22)16(2)7-6-14-24/h3-13,15-16H,1,14,24-25H2,2H3/b7-6-. The van der Waals surface area contributed by atoms with E-state index in [1.165, 1.54) is 38.3 Å². The minimum atomic E-state index is 0.374. The van der Waals surface area contributed by atoms with E-state index < -0.39 is 0 Å². The van der Waals surface area contributed by atoms with Gasteiger partial charge in [0.05, 0.1) is 0 Å². The first-order valence-corrected chi connectivity index (χ1v) is 9.95. The van der Waals surface area contributed by atoms with Crippen LogP contribution in [0.5, 0.6) is 0 Å². The smallest absolute Gasteiger partial charge is 0.000394 e. The van der Waals surface area contributed by atoms with Crippen molar-refractivity contribution in [2.45, 2.75) is 12.8 Å². The van der Waals surface area contributed by atoms with Gasteiger partial charge in [0.25, 0.3) is 0 Å². The largest absolute Gasteiger partial charge is 0.134 e. The number of rotatable bonds is 5. The summed E-state index contributed by atoms with van der Waals surface area (Å²) in [4.78, 5) is 0. The Hall–Kier alpha value is -1.74. The Morgan fingerprint density at radius 3 is 2.52 bits per heavy atom. The molecule has 0 aliphatic rings. The Labute approximate surface area is 155 Å². The highest BCUT2D eigenvalue weighted by atomic mass is 31.0. The Kier molecular flexibility index (Phi) is 5.85. The van der Waals surface area contributed by atoms with Gasteiger partial charge in [-0.25, -0.2) is 0 Å². The van der Waals surface area contributed by atoms with Crippen LogP contribution in [-0.2, 0) is 0 Å². The molecule has 0 radical (unpaired) electrons. The van der Waals surface area contributed by atoms with Gasteiger partial charge in [-0.15, -0.1) is 18.5 Å². The Morgan fingerprint density at radius 1 is 1.04 bits per heavy atom. The summed E-state index contributed by atoms with van der Waals surface area (Å²) in [5.41, 5.74) is 5.05. The fourth-order valence-electron chi connectivity index (χ4n) is 3.36. The summed E-state index contributed by atoms with van der Waals surface area (Å²) in [5, 5.41) is 3.80. The van der Waals surface area contributed by atoms with E-state index in [1.807, 2.05) is 6.08 Å². The van der Waals surface area contributed by atoms with E-state index in [1.54, 1.807) is 0 Å². The van der Waals surface area contributed by atoms with Crippen LogP contribution < -0.4 is 5.30 Å². The predicted octanol–water partition coefficient (Wildman–Crippen LogP) is 6.19. The molecule has 0 amide bonds. The summed E-state index contributed by atoms with van der Waals surface area (Å²) in [6, 6.07) is 19.7. The number of hydrogen-bond donors (Lipinski definition) is 0. The van der Waals surface area contributed by atoms with Gasteiger partial charge in [0.1, 0.15) is 0 Å². The van der Waals surface area contributed by atoms with Crippen LogP contribution in [0, 0.1) is 0 Å². The maximum atomic E-state index is 4.01. The maximum Gasteiger partial charge on any atom is -0.000394 e. The van der Waals surface area contributed by atoms with Crippen molar-refractivity contribution in [2.24, 2.45) is 0 Å². The number of fused-ring (bicyclic) bond motifs is 1. The van der Waals surface area contributed by atoms with Crippen LogP contribution in [0.15, 0.2) is 73.3 Å². The van der Waals surface area contributed by atoms with E-state index in [-0.39, 0.29) is 0 Å².